The fourth-order valence-corrected chi connectivity index (χ4v) is 9.16. The van der Waals surface area contributed by atoms with Gasteiger partial charge in [-0.1, -0.05) is 58.8 Å². The zero-order valence-corrected chi connectivity index (χ0v) is 22.3. The normalized spacial score (nSPS) is 43.7. The molecule has 0 aromatic carbocycles. The van der Waals surface area contributed by atoms with Crippen molar-refractivity contribution < 1.29 is 15.0 Å². The summed E-state index contributed by atoms with van der Waals surface area (Å²) in [5.74, 6) is 1.89. The Balaban J connectivity index is 1.67. The van der Waals surface area contributed by atoms with Crippen molar-refractivity contribution in [3.63, 3.8) is 0 Å². The second kappa shape index (κ2) is 8.33. The third-order valence-electron chi connectivity index (χ3n) is 11.7. The van der Waals surface area contributed by atoms with Crippen LogP contribution in [0.4, 0.5) is 0 Å². The Morgan fingerprint density at radius 2 is 1.82 bits per heavy atom. The van der Waals surface area contributed by atoms with Crippen molar-refractivity contribution in [1.29, 1.82) is 0 Å². The molecule has 0 amide bonds. The van der Waals surface area contributed by atoms with Crippen molar-refractivity contribution in [3.05, 3.63) is 22.8 Å². The summed E-state index contributed by atoms with van der Waals surface area (Å²) in [6.07, 6.45) is 11.1. The summed E-state index contributed by atoms with van der Waals surface area (Å²) in [6.45, 7) is 16.3. The molecule has 0 radical (unpaired) electrons. The van der Waals surface area contributed by atoms with E-state index in [-0.39, 0.29) is 40.3 Å². The number of carbonyl (C=O) groups excluding carboxylic acids is 1. The largest absolute Gasteiger partial charge is 0.393 e. The molecule has 0 bridgehead atoms. The standard InChI is InChI=1S/C30H48O3/c1-19(18-31)9-8-10-20(2)21-11-16-30(7)26-22(12-15-29(21,30)6)28(5)14-13-25(33)27(3,4)24(28)17-23(26)32/h9,20-21,24-25,31,33H,8,10-18H2,1-7H3/b19-9+/t20-,21-,24-,25-,28-,29-,30+/m1/s1. The van der Waals surface area contributed by atoms with Gasteiger partial charge in [0, 0.05) is 17.4 Å². The second-order valence-corrected chi connectivity index (χ2v) is 13.5. The third kappa shape index (κ3) is 3.54. The minimum atomic E-state index is -0.310. The number of hydrogen-bond acceptors (Lipinski definition) is 3. The number of fused-ring (bicyclic) bond motifs is 4. The van der Waals surface area contributed by atoms with E-state index in [9.17, 15) is 15.0 Å². The highest BCUT2D eigenvalue weighted by Gasteiger charge is 2.65. The minimum Gasteiger partial charge on any atom is -0.393 e. The van der Waals surface area contributed by atoms with E-state index in [0.717, 1.165) is 44.1 Å². The van der Waals surface area contributed by atoms with Gasteiger partial charge < -0.3 is 10.2 Å². The highest BCUT2D eigenvalue weighted by atomic mass is 16.3. The molecular formula is C30H48O3. The van der Waals surface area contributed by atoms with Crippen LogP contribution in [0.3, 0.4) is 0 Å². The second-order valence-electron chi connectivity index (χ2n) is 13.5. The van der Waals surface area contributed by atoms with E-state index in [1.54, 1.807) is 0 Å². The zero-order valence-electron chi connectivity index (χ0n) is 22.3. The number of ketones is 1. The molecule has 0 unspecified atom stereocenters. The molecule has 3 nitrogen and oxygen atoms in total. The summed E-state index contributed by atoms with van der Waals surface area (Å²) in [6, 6.07) is 0. The van der Waals surface area contributed by atoms with Crippen molar-refractivity contribution in [2.45, 2.75) is 112 Å². The molecule has 0 saturated heterocycles. The highest BCUT2D eigenvalue weighted by Crippen LogP contribution is 2.71. The number of carbonyl (C=O) groups is 1. The van der Waals surface area contributed by atoms with Gasteiger partial charge in [-0.2, -0.15) is 0 Å². The summed E-state index contributed by atoms with van der Waals surface area (Å²) in [5, 5.41) is 20.1. The van der Waals surface area contributed by atoms with Gasteiger partial charge in [0.15, 0.2) is 5.78 Å². The summed E-state index contributed by atoms with van der Waals surface area (Å²) >= 11 is 0. The lowest BCUT2D eigenvalue weighted by molar-refractivity contribution is -0.134. The zero-order chi connectivity index (χ0) is 24.4. The monoisotopic (exact) mass is 456 g/mol. The van der Waals surface area contributed by atoms with Gasteiger partial charge in [0.05, 0.1) is 12.7 Å². The molecule has 4 aliphatic carbocycles. The molecule has 4 aliphatic rings. The van der Waals surface area contributed by atoms with Crippen LogP contribution in [0.2, 0.25) is 0 Å². The molecule has 2 saturated carbocycles. The van der Waals surface area contributed by atoms with E-state index in [1.165, 1.54) is 24.0 Å². The first kappa shape index (κ1) is 25.2. The van der Waals surface area contributed by atoms with Gasteiger partial charge >= 0.3 is 0 Å². The van der Waals surface area contributed by atoms with Gasteiger partial charge in [0.2, 0.25) is 0 Å². The van der Waals surface area contributed by atoms with Gasteiger partial charge in [-0.3, -0.25) is 4.79 Å². The molecule has 33 heavy (non-hydrogen) atoms. The van der Waals surface area contributed by atoms with Gasteiger partial charge in [-0.05, 0) is 92.3 Å². The van der Waals surface area contributed by atoms with Crippen molar-refractivity contribution in [2.75, 3.05) is 6.61 Å². The third-order valence-corrected chi connectivity index (χ3v) is 11.7. The number of Topliss-reactive ketones (excluding diaryl/α,β-unsaturated/α-hetero) is 1. The van der Waals surface area contributed by atoms with Gasteiger partial charge in [0.1, 0.15) is 0 Å². The molecule has 0 heterocycles. The van der Waals surface area contributed by atoms with Crippen molar-refractivity contribution >= 4 is 5.78 Å². The van der Waals surface area contributed by atoms with Crippen LogP contribution in [0, 0.1) is 39.4 Å². The predicted molar refractivity (Wildman–Crippen MR) is 135 cm³/mol. The van der Waals surface area contributed by atoms with Crippen LogP contribution in [-0.2, 0) is 4.79 Å². The van der Waals surface area contributed by atoms with Crippen molar-refractivity contribution in [1.82, 2.24) is 0 Å². The Labute approximate surface area is 202 Å². The summed E-state index contributed by atoms with van der Waals surface area (Å²) in [4.78, 5) is 13.9. The molecule has 186 valence electrons. The Bertz CT molecular complexity index is 866. The Morgan fingerprint density at radius 1 is 1.12 bits per heavy atom. The SMILES string of the molecule is C/C(=C\CC[C@@H](C)[C@H]1CC[C@@]2(C)C3=C(CC[C@]12C)[C@@]1(C)CC[C@@H](O)C(C)(C)[C@H]1CC3=O)CO. The molecule has 2 N–H and O–H groups in total. The van der Waals surface area contributed by atoms with Gasteiger partial charge in [0.25, 0.3) is 0 Å². The van der Waals surface area contributed by atoms with Crippen LogP contribution in [-0.4, -0.2) is 28.7 Å². The molecule has 2 fully saturated rings. The summed E-state index contributed by atoms with van der Waals surface area (Å²) < 4.78 is 0. The number of rotatable bonds is 5. The fraction of sp³-hybridized carbons (Fsp3) is 0.833. The average molecular weight is 457 g/mol. The minimum absolute atomic E-state index is 0.0262. The number of aliphatic hydroxyl groups is 2. The number of allylic oxidation sites excluding steroid dienone is 3. The molecule has 0 aromatic rings. The first-order chi connectivity index (χ1) is 15.3. The molecule has 0 aliphatic heterocycles. The molecular weight excluding hydrogens is 408 g/mol. The maximum atomic E-state index is 13.9. The van der Waals surface area contributed by atoms with E-state index in [0.29, 0.717) is 24.0 Å². The molecule has 4 rings (SSSR count). The first-order valence-electron chi connectivity index (χ1n) is 13.5. The van der Waals surface area contributed by atoms with Crippen LogP contribution in [0.1, 0.15) is 106 Å². The lowest BCUT2D eigenvalue weighted by Gasteiger charge is -2.61. The van der Waals surface area contributed by atoms with E-state index >= 15 is 0 Å². The molecule has 0 aromatic heterocycles. The molecule has 3 heteroatoms. The Hall–Kier alpha value is -0.930. The van der Waals surface area contributed by atoms with E-state index < -0.39 is 0 Å². The lowest BCUT2D eigenvalue weighted by atomic mass is 9.43. The highest BCUT2D eigenvalue weighted by molar-refractivity contribution is 5.99. The maximum absolute atomic E-state index is 13.9. The van der Waals surface area contributed by atoms with Crippen molar-refractivity contribution in [3.8, 4) is 0 Å². The number of hydrogen-bond donors (Lipinski definition) is 2. The number of aliphatic hydroxyl groups excluding tert-OH is 2. The topological polar surface area (TPSA) is 57.5 Å². The van der Waals surface area contributed by atoms with E-state index in [4.69, 9.17) is 0 Å². The average Bonchev–Trinajstić information content (AvgIpc) is 3.04. The van der Waals surface area contributed by atoms with Crippen LogP contribution in [0.15, 0.2) is 22.8 Å². The van der Waals surface area contributed by atoms with Gasteiger partial charge in [-0.25, -0.2) is 0 Å². The van der Waals surface area contributed by atoms with Crippen LogP contribution >= 0.6 is 0 Å². The van der Waals surface area contributed by atoms with Gasteiger partial charge in [-0.15, -0.1) is 0 Å². The smallest absolute Gasteiger partial charge is 0.159 e. The first-order valence-corrected chi connectivity index (χ1v) is 13.5. The van der Waals surface area contributed by atoms with Crippen LogP contribution < -0.4 is 0 Å². The van der Waals surface area contributed by atoms with E-state index in [2.05, 4.69) is 47.6 Å². The quantitative estimate of drug-likeness (QED) is 0.456. The maximum Gasteiger partial charge on any atom is 0.159 e. The lowest BCUT2D eigenvalue weighted by Crippen LogP contribution is -2.57. The summed E-state index contributed by atoms with van der Waals surface area (Å²) in [5.41, 5.74) is 3.73. The Morgan fingerprint density at radius 3 is 2.48 bits per heavy atom. The molecule has 0 spiro atoms. The Kier molecular flexibility index (Phi) is 6.35. The summed E-state index contributed by atoms with van der Waals surface area (Å²) in [7, 11) is 0. The predicted octanol–water partition coefficient (Wildman–Crippen LogP) is 6.63. The van der Waals surface area contributed by atoms with Crippen molar-refractivity contribution in [2.24, 2.45) is 39.4 Å². The van der Waals surface area contributed by atoms with Crippen LogP contribution in [0.5, 0.6) is 0 Å². The van der Waals surface area contributed by atoms with Crippen LogP contribution in [0.25, 0.3) is 0 Å². The molecule has 7 atom stereocenters. The fourth-order valence-electron chi connectivity index (χ4n) is 9.16. The van der Waals surface area contributed by atoms with E-state index in [1.807, 2.05) is 6.92 Å².